The van der Waals surface area contributed by atoms with Crippen LogP contribution in [-0.2, 0) is 23.1 Å². The molecule has 0 unspecified atom stereocenters. The number of benzene rings is 3. The lowest BCUT2D eigenvalue weighted by Crippen LogP contribution is -2.30. The fourth-order valence-electron chi connectivity index (χ4n) is 3.69. The molecule has 0 atom stereocenters. The SMILES string of the molecule is COc1ccc(C(=O)N/N=C\c2ccc(CN(Cc3ccc(Cl)cc3)S(=O)(=O)c3ccc(Cl)cc3)o2)cc1OC. The van der Waals surface area contributed by atoms with Crippen molar-refractivity contribution in [2.45, 2.75) is 18.0 Å². The van der Waals surface area contributed by atoms with Crippen molar-refractivity contribution in [3.63, 3.8) is 0 Å². The van der Waals surface area contributed by atoms with Crippen LogP contribution in [0.5, 0.6) is 11.5 Å². The molecule has 0 saturated heterocycles. The van der Waals surface area contributed by atoms with Crippen molar-refractivity contribution in [1.82, 2.24) is 9.73 Å². The molecule has 0 aliphatic heterocycles. The van der Waals surface area contributed by atoms with E-state index in [0.717, 1.165) is 5.56 Å². The van der Waals surface area contributed by atoms with Crippen molar-refractivity contribution in [2.75, 3.05) is 14.2 Å². The topological polar surface area (TPSA) is 110 Å². The highest BCUT2D eigenvalue weighted by atomic mass is 35.5. The first-order valence-electron chi connectivity index (χ1n) is 11.8. The van der Waals surface area contributed by atoms with Crippen LogP contribution in [0.1, 0.15) is 27.4 Å². The Morgan fingerprint density at radius 2 is 1.55 bits per heavy atom. The molecule has 40 heavy (non-hydrogen) atoms. The number of ether oxygens (including phenoxy) is 2. The molecule has 208 valence electrons. The predicted octanol–water partition coefficient (Wildman–Crippen LogP) is 5.76. The molecule has 1 amide bonds. The Morgan fingerprint density at radius 3 is 2.20 bits per heavy atom. The summed E-state index contributed by atoms with van der Waals surface area (Å²) in [5.41, 5.74) is 3.48. The van der Waals surface area contributed by atoms with Gasteiger partial charge in [-0.1, -0.05) is 35.3 Å². The molecule has 0 spiro atoms. The van der Waals surface area contributed by atoms with E-state index < -0.39 is 15.9 Å². The Kier molecular flexibility index (Phi) is 9.49. The van der Waals surface area contributed by atoms with Crippen molar-refractivity contribution in [1.29, 1.82) is 0 Å². The first-order valence-corrected chi connectivity index (χ1v) is 14.0. The number of nitrogens with zero attached hydrogens (tertiary/aromatic N) is 2. The number of sulfonamides is 1. The number of nitrogens with one attached hydrogen (secondary N) is 1. The number of hydrogen-bond donors (Lipinski definition) is 1. The highest BCUT2D eigenvalue weighted by Gasteiger charge is 2.26. The second-order valence-corrected chi connectivity index (χ2v) is 11.2. The third kappa shape index (κ3) is 7.22. The van der Waals surface area contributed by atoms with Crippen LogP contribution in [0, 0.1) is 0 Å². The van der Waals surface area contributed by atoms with Gasteiger partial charge in [0, 0.05) is 22.2 Å². The lowest BCUT2D eigenvalue weighted by molar-refractivity contribution is 0.0954. The molecule has 1 aromatic heterocycles. The number of hydrogen-bond acceptors (Lipinski definition) is 7. The summed E-state index contributed by atoms with van der Waals surface area (Å²) in [7, 11) is -0.934. The molecule has 0 saturated carbocycles. The second-order valence-electron chi connectivity index (χ2n) is 8.43. The molecule has 9 nitrogen and oxygen atoms in total. The van der Waals surface area contributed by atoms with Gasteiger partial charge in [0.1, 0.15) is 11.5 Å². The van der Waals surface area contributed by atoms with Gasteiger partial charge < -0.3 is 13.9 Å². The summed E-state index contributed by atoms with van der Waals surface area (Å²) in [6.45, 7) is 0.0209. The van der Waals surface area contributed by atoms with Crippen LogP contribution in [0.15, 0.2) is 93.3 Å². The minimum Gasteiger partial charge on any atom is -0.493 e. The van der Waals surface area contributed by atoms with Gasteiger partial charge in [-0.15, -0.1) is 0 Å². The third-order valence-electron chi connectivity index (χ3n) is 5.74. The van der Waals surface area contributed by atoms with Crippen LogP contribution in [0.25, 0.3) is 0 Å². The maximum Gasteiger partial charge on any atom is 0.271 e. The molecule has 1 N–H and O–H groups in total. The van der Waals surface area contributed by atoms with E-state index in [-0.39, 0.29) is 18.0 Å². The zero-order valence-electron chi connectivity index (χ0n) is 21.5. The summed E-state index contributed by atoms with van der Waals surface area (Å²) in [6, 6.07) is 20.8. The number of furan rings is 1. The minimum absolute atomic E-state index is 0.0561. The minimum atomic E-state index is -3.91. The van der Waals surface area contributed by atoms with Crippen molar-refractivity contribution < 1.29 is 27.1 Å². The molecular formula is C28H25Cl2N3O6S. The first-order chi connectivity index (χ1) is 19.2. The summed E-state index contributed by atoms with van der Waals surface area (Å²) in [5, 5.41) is 4.91. The lowest BCUT2D eigenvalue weighted by Gasteiger charge is -2.21. The van der Waals surface area contributed by atoms with Crippen LogP contribution in [0.2, 0.25) is 10.0 Å². The Morgan fingerprint density at radius 1 is 0.900 bits per heavy atom. The molecule has 0 aliphatic rings. The molecular weight excluding hydrogens is 577 g/mol. The van der Waals surface area contributed by atoms with Crippen LogP contribution >= 0.6 is 23.2 Å². The van der Waals surface area contributed by atoms with Crippen LogP contribution < -0.4 is 14.9 Å². The largest absolute Gasteiger partial charge is 0.493 e. The van der Waals surface area contributed by atoms with Crippen molar-refractivity contribution in [2.24, 2.45) is 5.10 Å². The van der Waals surface area contributed by atoms with Gasteiger partial charge in [-0.3, -0.25) is 4.79 Å². The molecule has 0 fully saturated rings. The fourth-order valence-corrected chi connectivity index (χ4v) is 5.34. The standard InChI is InChI=1S/C28H25Cl2N3O6S/c1-37-26-14-5-20(15-27(26)38-2)28(34)32-31-16-23-10-11-24(39-23)18-33(17-19-3-6-21(29)7-4-19)40(35,36)25-12-8-22(30)9-13-25/h3-16H,17-18H2,1-2H3,(H,32,34)/b31-16-. The molecule has 0 aliphatic carbocycles. The van der Waals surface area contributed by atoms with E-state index in [2.05, 4.69) is 10.5 Å². The summed E-state index contributed by atoms with van der Waals surface area (Å²) in [6.07, 6.45) is 1.32. The van der Waals surface area contributed by atoms with Crippen LogP contribution in [-0.4, -0.2) is 39.1 Å². The second kappa shape index (κ2) is 13.0. The molecule has 0 radical (unpaired) electrons. The highest BCUT2D eigenvalue weighted by molar-refractivity contribution is 7.89. The predicted molar refractivity (Wildman–Crippen MR) is 153 cm³/mol. The quantitative estimate of drug-likeness (QED) is 0.173. The fraction of sp³-hybridized carbons (Fsp3) is 0.143. The Labute approximate surface area is 242 Å². The van der Waals surface area contributed by atoms with Crippen molar-refractivity contribution >= 4 is 45.3 Å². The maximum atomic E-state index is 13.5. The monoisotopic (exact) mass is 601 g/mol. The van der Waals surface area contributed by atoms with Gasteiger partial charge in [0.25, 0.3) is 5.91 Å². The maximum absolute atomic E-state index is 13.5. The normalized spacial score (nSPS) is 11.6. The van der Waals surface area contributed by atoms with Crippen molar-refractivity contribution in [3.8, 4) is 11.5 Å². The van der Waals surface area contributed by atoms with Crippen LogP contribution in [0.3, 0.4) is 0 Å². The first kappa shape index (κ1) is 29.2. The number of carbonyl (C=O) groups excluding carboxylic acids is 1. The van der Waals surface area contributed by atoms with Crippen LogP contribution in [0.4, 0.5) is 0 Å². The Balaban J connectivity index is 1.49. The van der Waals surface area contributed by atoms with E-state index in [1.807, 2.05) is 0 Å². The van der Waals surface area contributed by atoms with E-state index in [4.69, 9.17) is 37.1 Å². The van der Waals surface area contributed by atoms with E-state index in [1.54, 1.807) is 48.5 Å². The number of rotatable bonds is 11. The highest BCUT2D eigenvalue weighted by Crippen LogP contribution is 2.27. The summed E-state index contributed by atoms with van der Waals surface area (Å²) in [4.78, 5) is 12.6. The number of hydrazone groups is 1. The zero-order chi connectivity index (χ0) is 28.7. The third-order valence-corrected chi connectivity index (χ3v) is 8.05. The van der Waals surface area contributed by atoms with Gasteiger partial charge in [-0.05, 0) is 72.3 Å². The van der Waals surface area contributed by atoms with Gasteiger partial charge in [-0.25, -0.2) is 13.8 Å². The zero-order valence-corrected chi connectivity index (χ0v) is 23.8. The molecule has 3 aromatic carbocycles. The van der Waals surface area contributed by atoms with Crippen molar-refractivity contribution in [3.05, 3.63) is 112 Å². The molecule has 4 rings (SSSR count). The van der Waals surface area contributed by atoms with E-state index in [0.29, 0.717) is 38.6 Å². The summed E-state index contributed by atoms with van der Waals surface area (Å²) in [5.74, 6) is 1.13. The summed E-state index contributed by atoms with van der Waals surface area (Å²) < 4.78 is 44.5. The average molecular weight is 602 g/mol. The number of methoxy groups -OCH3 is 2. The molecule has 1 heterocycles. The average Bonchev–Trinajstić information content (AvgIpc) is 3.40. The molecule has 4 aromatic rings. The van der Waals surface area contributed by atoms with E-state index in [9.17, 15) is 13.2 Å². The van der Waals surface area contributed by atoms with Gasteiger partial charge in [0.05, 0.1) is 31.9 Å². The van der Waals surface area contributed by atoms with Gasteiger partial charge >= 0.3 is 0 Å². The van der Waals surface area contributed by atoms with E-state index >= 15 is 0 Å². The Bertz CT molecular complexity index is 1600. The summed E-state index contributed by atoms with van der Waals surface area (Å²) >= 11 is 11.9. The van der Waals surface area contributed by atoms with Gasteiger partial charge in [0.2, 0.25) is 10.0 Å². The van der Waals surface area contributed by atoms with Gasteiger partial charge in [0.15, 0.2) is 11.5 Å². The number of halogens is 2. The van der Waals surface area contributed by atoms with Gasteiger partial charge in [-0.2, -0.15) is 9.41 Å². The smallest absolute Gasteiger partial charge is 0.271 e. The number of carbonyl (C=O) groups is 1. The Hall–Kier alpha value is -3.83. The molecule has 0 bridgehead atoms. The number of amides is 1. The van der Waals surface area contributed by atoms with E-state index in [1.165, 1.54) is 55.1 Å². The lowest BCUT2D eigenvalue weighted by atomic mass is 10.2. The molecule has 12 heteroatoms.